The van der Waals surface area contributed by atoms with E-state index in [-0.39, 0.29) is 17.9 Å². The maximum atomic E-state index is 11.8. The largest absolute Gasteiger partial charge is 0.494 e. The van der Waals surface area contributed by atoms with Crippen molar-refractivity contribution in [1.82, 2.24) is 9.78 Å². The first kappa shape index (κ1) is 15.6. The molecule has 2 aromatic rings. The number of amides is 1. The molecule has 0 radical (unpaired) electrons. The molecular weight excluding hydrogens is 286 g/mol. The van der Waals surface area contributed by atoms with Gasteiger partial charge in [0, 0.05) is 24.8 Å². The molecular formula is C15H17N3O4. The van der Waals surface area contributed by atoms with Gasteiger partial charge >= 0.3 is 5.97 Å². The molecule has 22 heavy (non-hydrogen) atoms. The molecule has 0 unspecified atom stereocenters. The average molecular weight is 303 g/mol. The molecule has 0 aliphatic carbocycles. The van der Waals surface area contributed by atoms with Gasteiger partial charge in [0.25, 0.3) is 0 Å². The number of carbonyl (C=O) groups excluding carboxylic acids is 1. The van der Waals surface area contributed by atoms with Gasteiger partial charge in [0.1, 0.15) is 5.75 Å². The van der Waals surface area contributed by atoms with Crippen molar-refractivity contribution in [2.45, 2.75) is 19.9 Å². The highest BCUT2D eigenvalue weighted by Crippen LogP contribution is 2.15. The topological polar surface area (TPSA) is 93.5 Å². The van der Waals surface area contributed by atoms with Crippen LogP contribution in [-0.4, -0.2) is 33.4 Å². The van der Waals surface area contributed by atoms with E-state index in [9.17, 15) is 9.59 Å². The Labute approximate surface area is 127 Å². The summed E-state index contributed by atoms with van der Waals surface area (Å²) < 4.78 is 6.75. The molecule has 116 valence electrons. The Balaban J connectivity index is 1.83. The van der Waals surface area contributed by atoms with Crippen LogP contribution in [-0.2, 0) is 11.3 Å². The fourth-order valence-corrected chi connectivity index (χ4v) is 1.84. The number of benzene rings is 1. The van der Waals surface area contributed by atoms with Crippen LogP contribution < -0.4 is 10.1 Å². The van der Waals surface area contributed by atoms with Gasteiger partial charge in [-0.2, -0.15) is 5.10 Å². The molecule has 0 fully saturated rings. The highest BCUT2D eigenvalue weighted by Gasteiger charge is 2.08. The summed E-state index contributed by atoms with van der Waals surface area (Å²) >= 11 is 0. The molecule has 0 saturated carbocycles. The lowest BCUT2D eigenvalue weighted by Gasteiger charge is -2.07. The van der Waals surface area contributed by atoms with Crippen LogP contribution in [0.15, 0.2) is 36.7 Å². The standard InChI is InChI=1S/C15H17N3O4/c1-2-22-13-5-3-12(4-6-13)17-14(19)7-8-18-10-11(9-16-18)15(20)21/h3-6,9-10H,2,7-8H2,1H3,(H,17,19)(H,20,21). The second kappa shape index (κ2) is 7.26. The number of hydrogen-bond acceptors (Lipinski definition) is 4. The van der Waals surface area contributed by atoms with Gasteiger partial charge in [-0.05, 0) is 31.2 Å². The monoisotopic (exact) mass is 303 g/mol. The molecule has 0 saturated heterocycles. The molecule has 1 aromatic heterocycles. The van der Waals surface area contributed by atoms with E-state index in [0.717, 1.165) is 5.75 Å². The van der Waals surface area contributed by atoms with Crippen molar-refractivity contribution in [2.75, 3.05) is 11.9 Å². The lowest BCUT2D eigenvalue weighted by molar-refractivity contribution is -0.116. The Kier molecular flexibility index (Phi) is 5.13. The normalized spacial score (nSPS) is 10.2. The number of anilines is 1. The zero-order valence-electron chi connectivity index (χ0n) is 12.2. The minimum absolute atomic E-state index is 0.104. The lowest BCUT2D eigenvalue weighted by Crippen LogP contribution is -2.14. The predicted octanol–water partition coefficient (Wildman–Crippen LogP) is 2.01. The molecule has 0 aliphatic rings. The molecule has 1 amide bonds. The fraction of sp³-hybridized carbons (Fsp3) is 0.267. The molecule has 1 heterocycles. The average Bonchev–Trinajstić information content (AvgIpc) is 2.97. The molecule has 2 rings (SSSR count). The van der Waals surface area contributed by atoms with Gasteiger partial charge in [-0.1, -0.05) is 0 Å². The quantitative estimate of drug-likeness (QED) is 0.816. The third-order valence-corrected chi connectivity index (χ3v) is 2.90. The Morgan fingerprint density at radius 3 is 2.64 bits per heavy atom. The van der Waals surface area contributed by atoms with Crippen LogP contribution in [0, 0.1) is 0 Å². The summed E-state index contributed by atoms with van der Waals surface area (Å²) in [6.07, 6.45) is 2.85. The summed E-state index contributed by atoms with van der Waals surface area (Å²) in [4.78, 5) is 22.6. The number of carbonyl (C=O) groups is 2. The van der Waals surface area contributed by atoms with Gasteiger partial charge < -0.3 is 15.2 Å². The van der Waals surface area contributed by atoms with Crippen molar-refractivity contribution in [2.24, 2.45) is 0 Å². The van der Waals surface area contributed by atoms with Gasteiger partial charge in [0.2, 0.25) is 5.91 Å². The van der Waals surface area contributed by atoms with Crippen LogP contribution in [0.25, 0.3) is 0 Å². The second-order valence-electron chi connectivity index (χ2n) is 4.55. The molecule has 0 aliphatic heterocycles. The highest BCUT2D eigenvalue weighted by atomic mass is 16.5. The van der Waals surface area contributed by atoms with E-state index >= 15 is 0 Å². The first-order valence-electron chi connectivity index (χ1n) is 6.87. The molecule has 2 N–H and O–H groups in total. The maximum absolute atomic E-state index is 11.8. The van der Waals surface area contributed by atoms with Crippen molar-refractivity contribution in [3.63, 3.8) is 0 Å². The van der Waals surface area contributed by atoms with Gasteiger partial charge in [0.15, 0.2) is 0 Å². The zero-order chi connectivity index (χ0) is 15.9. The van der Waals surface area contributed by atoms with Crippen molar-refractivity contribution >= 4 is 17.6 Å². The first-order valence-corrected chi connectivity index (χ1v) is 6.87. The zero-order valence-corrected chi connectivity index (χ0v) is 12.2. The number of carboxylic acids is 1. The van der Waals surface area contributed by atoms with Gasteiger partial charge in [-0.25, -0.2) is 4.79 Å². The number of rotatable bonds is 7. The summed E-state index contributed by atoms with van der Waals surface area (Å²) in [5.74, 6) is -0.458. The number of aromatic carboxylic acids is 1. The van der Waals surface area contributed by atoms with Crippen LogP contribution in [0.4, 0.5) is 5.69 Å². The summed E-state index contributed by atoms with van der Waals surface area (Å²) in [5, 5.41) is 15.4. The smallest absolute Gasteiger partial charge is 0.338 e. The van der Waals surface area contributed by atoms with Gasteiger partial charge in [0.05, 0.1) is 18.4 Å². The molecule has 1 aromatic carbocycles. The Hall–Kier alpha value is -2.83. The number of aromatic nitrogens is 2. The SMILES string of the molecule is CCOc1ccc(NC(=O)CCn2cc(C(=O)O)cn2)cc1. The maximum Gasteiger partial charge on any atom is 0.338 e. The van der Waals surface area contributed by atoms with Crippen LogP contribution in [0.2, 0.25) is 0 Å². The van der Waals surface area contributed by atoms with E-state index in [2.05, 4.69) is 10.4 Å². The summed E-state index contributed by atoms with van der Waals surface area (Å²) in [6, 6.07) is 7.09. The van der Waals surface area contributed by atoms with E-state index < -0.39 is 5.97 Å². The van der Waals surface area contributed by atoms with E-state index in [1.165, 1.54) is 17.1 Å². The van der Waals surface area contributed by atoms with Crippen LogP contribution >= 0.6 is 0 Å². The van der Waals surface area contributed by atoms with Crippen LogP contribution in [0.1, 0.15) is 23.7 Å². The molecule has 7 nitrogen and oxygen atoms in total. The number of nitrogens with zero attached hydrogens (tertiary/aromatic N) is 2. The summed E-state index contributed by atoms with van der Waals surface area (Å²) in [7, 11) is 0. The molecule has 0 atom stereocenters. The number of nitrogens with one attached hydrogen (secondary N) is 1. The Morgan fingerprint density at radius 1 is 1.32 bits per heavy atom. The Morgan fingerprint density at radius 2 is 2.05 bits per heavy atom. The number of aryl methyl sites for hydroxylation is 1. The summed E-state index contributed by atoms with van der Waals surface area (Å²) in [5.41, 5.74) is 0.784. The number of hydrogen-bond donors (Lipinski definition) is 2. The second-order valence-corrected chi connectivity index (χ2v) is 4.55. The fourth-order valence-electron chi connectivity index (χ4n) is 1.84. The predicted molar refractivity (Wildman–Crippen MR) is 80.0 cm³/mol. The van der Waals surface area contributed by atoms with E-state index in [0.29, 0.717) is 18.8 Å². The molecule has 7 heteroatoms. The van der Waals surface area contributed by atoms with Crippen molar-refractivity contribution in [1.29, 1.82) is 0 Å². The summed E-state index contributed by atoms with van der Waals surface area (Å²) in [6.45, 7) is 2.81. The highest BCUT2D eigenvalue weighted by molar-refractivity contribution is 5.90. The minimum Gasteiger partial charge on any atom is -0.494 e. The molecule has 0 bridgehead atoms. The Bertz CT molecular complexity index is 649. The lowest BCUT2D eigenvalue weighted by atomic mass is 10.3. The van der Waals surface area contributed by atoms with E-state index in [4.69, 9.17) is 9.84 Å². The first-order chi connectivity index (χ1) is 10.6. The van der Waals surface area contributed by atoms with Crippen LogP contribution in [0.5, 0.6) is 5.75 Å². The number of carboxylic acid groups (broad SMARTS) is 1. The van der Waals surface area contributed by atoms with Gasteiger partial charge in [-0.15, -0.1) is 0 Å². The minimum atomic E-state index is -1.04. The van der Waals surface area contributed by atoms with Crippen molar-refractivity contribution in [3.05, 3.63) is 42.2 Å². The number of ether oxygens (including phenoxy) is 1. The van der Waals surface area contributed by atoms with Crippen molar-refractivity contribution in [3.8, 4) is 5.75 Å². The van der Waals surface area contributed by atoms with Crippen LogP contribution in [0.3, 0.4) is 0 Å². The van der Waals surface area contributed by atoms with Gasteiger partial charge in [-0.3, -0.25) is 9.48 Å². The van der Waals surface area contributed by atoms with E-state index in [1.54, 1.807) is 24.3 Å². The third-order valence-electron chi connectivity index (χ3n) is 2.90. The van der Waals surface area contributed by atoms with E-state index in [1.807, 2.05) is 6.92 Å². The van der Waals surface area contributed by atoms with Crippen molar-refractivity contribution < 1.29 is 19.4 Å². The third kappa shape index (κ3) is 4.34. The molecule has 0 spiro atoms.